The first-order valence-electron chi connectivity index (χ1n) is 2.02. The molecule has 0 bridgehead atoms. The maximum Gasteiger partial charge on any atom is 0.314 e. The predicted molar refractivity (Wildman–Crippen MR) is 31.8 cm³/mol. The Balaban J connectivity index is 0. The molecule has 1 rings (SSSR count). The molecule has 0 unspecified atom stereocenters. The van der Waals surface area contributed by atoms with Gasteiger partial charge in [-0.05, 0) is 0 Å². The molecular formula is C4H4Na2O3. The Bertz CT molecular complexity index is 109. The monoisotopic (exact) mass is 146 g/mol. The average molecular weight is 146 g/mol. The summed E-state index contributed by atoms with van der Waals surface area (Å²) < 4.78 is 4.08. The zero-order chi connectivity index (χ0) is 5.28. The van der Waals surface area contributed by atoms with E-state index >= 15 is 0 Å². The van der Waals surface area contributed by atoms with Crippen LogP contribution >= 0.6 is 0 Å². The Kier molecular flexibility index (Phi) is 8.37. The zero-order valence-corrected chi connectivity index (χ0v) is 9.64. The van der Waals surface area contributed by atoms with Gasteiger partial charge in [0.25, 0.3) is 0 Å². The van der Waals surface area contributed by atoms with Gasteiger partial charge < -0.3 is 4.74 Å². The number of carbonyl (C=O) groups excluding carboxylic acids is 2. The van der Waals surface area contributed by atoms with E-state index in [0.29, 0.717) is 0 Å². The second-order valence-electron chi connectivity index (χ2n) is 1.35. The molecule has 40 valence electrons. The summed E-state index contributed by atoms with van der Waals surface area (Å²) in [7, 11) is 0. The normalized spacial score (nSPS) is 15.6. The zero-order valence-electron chi connectivity index (χ0n) is 5.64. The minimum absolute atomic E-state index is 0. The minimum atomic E-state index is -0.398. The van der Waals surface area contributed by atoms with E-state index in [0.717, 1.165) is 0 Å². The molecule has 0 aromatic heterocycles. The summed E-state index contributed by atoms with van der Waals surface area (Å²) in [5, 5.41) is 0. The number of hydrogen-bond donors (Lipinski definition) is 0. The van der Waals surface area contributed by atoms with Crippen LogP contribution in [0.4, 0.5) is 0 Å². The summed E-state index contributed by atoms with van der Waals surface area (Å²) in [5.41, 5.74) is 0. The molecule has 0 N–H and O–H groups in total. The number of rotatable bonds is 0. The smallest absolute Gasteiger partial charge is 0.314 e. The molecule has 0 saturated carbocycles. The van der Waals surface area contributed by atoms with E-state index in [1.807, 2.05) is 0 Å². The Morgan fingerprint density at radius 2 is 1.33 bits per heavy atom. The molecule has 0 aliphatic carbocycles. The van der Waals surface area contributed by atoms with Crippen molar-refractivity contribution in [2.45, 2.75) is 12.8 Å². The number of ether oxygens (including phenoxy) is 1. The van der Waals surface area contributed by atoms with Gasteiger partial charge in [0, 0.05) is 59.1 Å². The van der Waals surface area contributed by atoms with Crippen molar-refractivity contribution >= 4 is 71.1 Å². The largest absolute Gasteiger partial charge is 0.393 e. The van der Waals surface area contributed by atoms with Gasteiger partial charge in [0.15, 0.2) is 0 Å². The second-order valence-corrected chi connectivity index (χ2v) is 1.35. The van der Waals surface area contributed by atoms with Crippen LogP contribution in [0.25, 0.3) is 0 Å². The molecule has 1 aliphatic rings. The fraction of sp³-hybridized carbons (Fsp3) is 0.500. The fourth-order valence-corrected chi connectivity index (χ4v) is 0.433. The van der Waals surface area contributed by atoms with E-state index in [2.05, 4.69) is 4.74 Å². The standard InChI is InChI=1S/C4H4O3.2Na/c5-3-1-2-4(6)7-3;;/h1-2H2;;. The van der Waals surface area contributed by atoms with E-state index < -0.39 is 11.9 Å². The molecule has 0 aromatic carbocycles. The topological polar surface area (TPSA) is 43.4 Å². The van der Waals surface area contributed by atoms with Crippen molar-refractivity contribution in [2.24, 2.45) is 0 Å². The van der Waals surface area contributed by atoms with E-state index in [9.17, 15) is 9.59 Å². The van der Waals surface area contributed by atoms with Gasteiger partial charge in [0.2, 0.25) is 0 Å². The van der Waals surface area contributed by atoms with Gasteiger partial charge >= 0.3 is 11.9 Å². The van der Waals surface area contributed by atoms with Crippen molar-refractivity contribution in [1.29, 1.82) is 0 Å². The van der Waals surface area contributed by atoms with Gasteiger partial charge in [-0.2, -0.15) is 0 Å². The van der Waals surface area contributed by atoms with Crippen molar-refractivity contribution in [1.82, 2.24) is 0 Å². The van der Waals surface area contributed by atoms with Gasteiger partial charge in [-0.25, -0.2) is 0 Å². The number of hydrogen-bond acceptors (Lipinski definition) is 3. The molecule has 5 heteroatoms. The Morgan fingerprint density at radius 1 is 1.00 bits per heavy atom. The summed E-state index contributed by atoms with van der Waals surface area (Å²) in [5.74, 6) is -0.796. The molecule has 1 saturated heterocycles. The average Bonchev–Trinajstić information content (AvgIpc) is 1.87. The van der Waals surface area contributed by atoms with Crippen LogP contribution in [0.1, 0.15) is 12.8 Å². The van der Waals surface area contributed by atoms with Crippen LogP contribution in [0.15, 0.2) is 0 Å². The summed E-state index contributed by atoms with van der Waals surface area (Å²) in [6.07, 6.45) is 0.525. The third kappa shape index (κ3) is 4.53. The predicted octanol–water partition coefficient (Wildman–Crippen LogP) is -0.912. The molecule has 1 heterocycles. The first-order valence-corrected chi connectivity index (χ1v) is 2.02. The molecule has 2 radical (unpaired) electrons. The maximum absolute atomic E-state index is 10.0. The quantitative estimate of drug-likeness (QED) is 0.252. The van der Waals surface area contributed by atoms with E-state index in [-0.39, 0.29) is 72.0 Å². The van der Waals surface area contributed by atoms with E-state index in [1.165, 1.54) is 0 Å². The van der Waals surface area contributed by atoms with Crippen LogP contribution in [0.3, 0.4) is 0 Å². The van der Waals surface area contributed by atoms with Crippen molar-refractivity contribution in [3.8, 4) is 0 Å². The van der Waals surface area contributed by atoms with Crippen molar-refractivity contribution < 1.29 is 14.3 Å². The molecule has 1 aliphatic heterocycles. The van der Waals surface area contributed by atoms with Gasteiger partial charge in [0.05, 0.1) is 12.8 Å². The van der Waals surface area contributed by atoms with Gasteiger partial charge in [-0.1, -0.05) is 0 Å². The SMILES string of the molecule is O=C1CCC(=O)O1.[Na].[Na]. The maximum atomic E-state index is 10.0. The van der Waals surface area contributed by atoms with Gasteiger partial charge in [-0.3, -0.25) is 9.59 Å². The molecule has 0 spiro atoms. The molecule has 9 heavy (non-hydrogen) atoms. The number of cyclic esters (lactones) is 2. The Morgan fingerprint density at radius 3 is 1.44 bits per heavy atom. The summed E-state index contributed by atoms with van der Waals surface area (Å²) in [6.45, 7) is 0. The molecule has 0 aromatic rings. The van der Waals surface area contributed by atoms with E-state index in [4.69, 9.17) is 0 Å². The van der Waals surface area contributed by atoms with Crippen LogP contribution < -0.4 is 0 Å². The Hall–Kier alpha value is 1.14. The van der Waals surface area contributed by atoms with Crippen LogP contribution in [0.2, 0.25) is 0 Å². The third-order valence-electron chi connectivity index (χ3n) is 0.761. The van der Waals surface area contributed by atoms with Crippen LogP contribution in [-0.4, -0.2) is 71.1 Å². The molecule has 1 fully saturated rings. The van der Waals surface area contributed by atoms with Crippen molar-refractivity contribution in [3.63, 3.8) is 0 Å². The Labute approximate surface area is 97.1 Å². The van der Waals surface area contributed by atoms with Gasteiger partial charge in [-0.15, -0.1) is 0 Å². The van der Waals surface area contributed by atoms with Crippen LogP contribution in [0, 0.1) is 0 Å². The number of carbonyl (C=O) groups is 2. The van der Waals surface area contributed by atoms with Crippen LogP contribution in [0.5, 0.6) is 0 Å². The molecular weight excluding hydrogens is 142 g/mol. The number of esters is 2. The van der Waals surface area contributed by atoms with Gasteiger partial charge in [0.1, 0.15) is 0 Å². The summed E-state index contributed by atoms with van der Waals surface area (Å²) >= 11 is 0. The third-order valence-corrected chi connectivity index (χ3v) is 0.761. The van der Waals surface area contributed by atoms with Crippen molar-refractivity contribution in [2.75, 3.05) is 0 Å². The summed E-state index contributed by atoms with van der Waals surface area (Å²) in [4.78, 5) is 20.0. The first kappa shape index (κ1) is 12.8. The van der Waals surface area contributed by atoms with Crippen LogP contribution in [-0.2, 0) is 14.3 Å². The molecule has 3 nitrogen and oxygen atoms in total. The first-order chi connectivity index (χ1) is 3.29. The second kappa shape index (κ2) is 5.89. The summed E-state index contributed by atoms with van der Waals surface area (Å²) in [6, 6.07) is 0. The van der Waals surface area contributed by atoms with Crippen molar-refractivity contribution in [3.05, 3.63) is 0 Å². The fourth-order valence-electron chi connectivity index (χ4n) is 0.433. The minimum Gasteiger partial charge on any atom is -0.393 e. The molecule has 0 atom stereocenters. The molecule has 0 amide bonds. The van der Waals surface area contributed by atoms with E-state index in [1.54, 1.807) is 0 Å².